The second-order valence-corrected chi connectivity index (χ2v) is 9.84. The molecule has 4 nitrogen and oxygen atoms in total. The molecule has 2 atom stereocenters. The van der Waals surface area contributed by atoms with Crippen molar-refractivity contribution in [2.45, 2.75) is 103 Å². The molecule has 2 N–H and O–H groups in total. The van der Waals surface area contributed by atoms with Gasteiger partial charge in [0.05, 0.1) is 0 Å². The smallest absolute Gasteiger partial charge is 0.342 e. The Bertz CT molecular complexity index is 861. The molecule has 4 heteroatoms. The number of unbranched alkanes of at least 4 members (excludes halogenated alkanes) is 2. The lowest BCUT2D eigenvalue weighted by Crippen LogP contribution is -2.23. The third kappa shape index (κ3) is 5.57. The molecule has 1 aromatic carbocycles. The molecule has 0 aliphatic heterocycles. The van der Waals surface area contributed by atoms with Crippen molar-refractivity contribution in [3.63, 3.8) is 0 Å². The van der Waals surface area contributed by atoms with Gasteiger partial charge in [0, 0.05) is 11.5 Å². The number of carbonyl (C=O) groups excluding carboxylic acids is 1. The maximum atomic E-state index is 13.3. The van der Waals surface area contributed by atoms with Crippen molar-refractivity contribution in [1.82, 2.24) is 0 Å². The fraction of sp³-hybridized carbons (Fsp3) is 0.607. The summed E-state index contributed by atoms with van der Waals surface area (Å²) in [6.45, 7) is 10.4. The lowest BCUT2D eigenvalue weighted by Gasteiger charge is -2.32. The first kappa shape index (κ1) is 24.4. The van der Waals surface area contributed by atoms with Crippen molar-refractivity contribution >= 4 is 5.97 Å². The predicted octanol–water partition coefficient (Wildman–Crippen LogP) is 7.34. The van der Waals surface area contributed by atoms with E-state index < -0.39 is 5.97 Å². The fourth-order valence-electron chi connectivity index (χ4n) is 5.34. The standard InChI is InChI=1S/C28H40O4/c1-5-6-8-11-20-17-24(29)26(23-16-19(4)14-15-22(23)18(2)3)27(30)25(20)28(31)32-21-12-9-7-10-13-21/h16-17,21-23,29-30H,2,5-15H2,1,3-4H3. The number of benzene rings is 1. The number of rotatable bonds is 8. The Kier molecular flexibility index (Phi) is 8.44. The van der Waals surface area contributed by atoms with Crippen LogP contribution >= 0.6 is 0 Å². The van der Waals surface area contributed by atoms with E-state index >= 15 is 0 Å². The Morgan fingerprint density at radius 1 is 1.16 bits per heavy atom. The molecule has 2 aliphatic rings. The molecule has 0 radical (unpaired) electrons. The van der Waals surface area contributed by atoms with Crippen LogP contribution in [0, 0.1) is 5.92 Å². The van der Waals surface area contributed by atoms with Gasteiger partial charge in [0.2, 0.25) is 0 Å². The van der Waals surface area contributed by atoms with Crippen LogP contribution in [0.25, 0.3) is 0 Å². The highest BCUT2D eigenvalue weighted by Crippen LogP contribution is 2.48. The van der Waals surface area contributed by atoms with Crippen molar-refractivity contribution in [3.05, 3.63) is 46.6 Å². The van der Waals surface area contributed by atoms with E-state index in [0.717, 1.165) is 63.4 Å². The first-order chi connectivity index (χ1) is 15.3. The number of allylic oxidation sites excluding steroid dienone is 3. The van der Waals surface area contributed by atoms with Crippen LogP contribution in [0.5, 0.6) is 11.5 Å². The number of esters is 1. The molecule has 0 saturated heterocycles. The minimum atomic E-state index is -0.453. The SMILES string of the molecule is C=C(C)C1CCC(C)=CC1c1c(O)cc(CCCCC)c(C(=O)OC2CCCCC2)c1O. The van der Waals surface area contributed by atoms with Crippen LogP contribution < -0.4 is 0 Å². The summed E-state index contributed by atoms with van der Waals surface area (Å²) in [6.07, 6.45) is 12.6. The zero-order valence-corrected chi connectivity index (χ0v) is 20.1. The predicted molar refractivity (Wildman–Crippen MR) is 129 cm³/mol. The van der Waals surface area contributed by atoms with Gasteiger partial charge in [-0.05, 0) is 82.8 Å². The van der Waals surface area contributed by atoms with Gasteiger partial charge in [0.15, 0.2) is 0 Å². The van der Waals surface area contributed by atoms with E-state index in [4.69, 9.17) is 4.74 Å². The molecule has 1 fully saturated rings. The third-order valence-electron chi connectivity index (χ3n) is 7.19. The highest BCUT2D eigenvalue weighted by Gasteiger charge is 2.34. The Balaban J connectivity index is 2.04. The largest absolute Gasteiger partial charge is 0.507 e. The van der Waals surface area contributed by atoms with Crippen LogP contribution in [-0.4, -0.2) is 22.3 Å². The molecule has 2 unspecified atom stereocenters. The average Bonchev–Trinajstić information content (AvgIpc) is 2.74. The van der Waals surface area contributed by atoms with Gasteiger partial charge in [-0.1, -0.05) is 50.0 Å². The van der Waals surface area contributed by atoms with Crippen molar-refractivity contribution in [3.8, 4) is 11.5 Å². The number of phenolic OH excluding ortho intramolecular Hbond substituents is 2. The van der Waals surface area contributed by atoms with Crippen LogP contribution in [0.1, 0.15) is 112 Å². The van der Waals surface area contributed by atoms with E-state index in [2.05, 4.69) is 26.5 Å². The molecule has 32 heavy (non-hydrogen) atoms. The zero-order chi connectivity index (χ0) is 23.3. The molecule has 176 valence electrons. The summed E-state index contributed by atoms with van der Waals surface area (Å²) in [4.78, 5) is 13.3. The Labute approximate surface area is 193 Å². The van der Waals surface area contributed by atoms with Gasteiger partial charge < -0.3 is 14.9 Å². The normalized spacial score (nSPS) is 21.8. The maximum Gasteiger partial charge on any atom is 0.342 e. The number of hydrogen-bond donors (Lipinski definition) is 2. The molecule has 0 amide bonds. The number of aromatic hydroxyl groups is 2. The molecule has 1 saturated carbocycles. The van der Waals surface area contributed by atoms with Crippen LogP contribution in [0.15, 0.2) is 29.9 Å². The monoisotopic (exact) mass is 440 g/mol. The molecule has 2 aliphatic carbocycles. The molecular weight excluding hydrogens is 400 g/mol. The molecule has 0 bridgehead atoms. The van der Waals surface area contributed by atoms with Crippen molar-refractivity contribution in [2.24, 2.45) is 5.92 Å². The van der Waals surface area contributed by atoms with Crippen LogP contribution in [-0.2, 0) is 11.2 Å². The summed E-state index contributed by atoms with van der Waals surface area (Å²) in [5, 5.41) is 22.4. The number of ether oxygens (including phenoxy) is 1. The number of aryl methyl sites for hydroxylation is 1. The zero-order valence-electron chi connectivity index (χ0n) is 20.1. The maximum absolute atomic E-state index is 13.3. The second-order valence-electron chi connectivity index (χ2n) is 9.84. The number of phenols is 2. The average molecular weight is 441 g/mol. The topological polar surface area (TPSA) is 66.8 Å². The highest BCUT2D eigenvalue weighted by molar-refractivity contribution is 5.95. The van der Waals surface area contributed by atoms with Gasteiger partial charge in [-0.3, -0.25) is 0 Å². The number of carbonyl (C=O) groups is 1. The van der Waals surface area contributed by atoms with Crippen molar-refractivity contribution in [1.29, 1.82) is 0 Å². The van der Waals surface area contributed by atoms with Crippen molar-refractivity contribution < 1.29 is 19.7 Å². The van der Waals surface area contributed by atoms with E-state index in [0.29, 0.717) is 17.5 Å². The van der Waals surface area contributed by atoms with Gasteiger partial charge in [-0.25, -0.2) is 4.79 Å². The van der Waals surface area contributed by atoms with Gasteiger partial charge in [-0.2, -0.15) is 0 Å². The highest BCUT2D eigenvalue weighted by atomic mass is 16.5. The van der Waals surface area contributed by atoms with Crippen molar-refractivity contribution in [2.75, 3.05) is 0 Å². The Hall–Kier alpha value is -2.23. The Morgan fingerprint density at radius 3 is 2.53 bits per heavy atom. The molecule has 0 spiro atoms. The van der Waals surface area contributed by atoms with Crippen LogP contribution in [0.2, 0.25) is 0 Å². The van der Waals surface area contributed by atoms with Gasteiger partial charge in [0.1, 0.15) is 23.2 Å². The molecule has 3 rings (SSSR count). The third-order valence-corrected chi connectivity index (χ3v) is 7.19. The fourth-order valence-corrected chi connectivity index (χ4v) is 5.34. The minimum absolute atomic E-state index is 0.0606. The summed E-state index contributed by atoms with van der Waals surface area (Å²) in [5.41, 5.74) is 3.62. The van der Waals surface area contributed by atoms with Crippen LogP contribution in [0.3, 0.4) is 0 Å². The quantitative estimate of drug-likeness (QED) is 0.252. The summed E-state index contributed by atoms with van der Waals surface area (Å²) in [6, 6.07) is 1.69. The summed E-state index contributed by atoms with van der Waals surface area (Å²) in [7, 11) is 0. The van der Waals surface area contributed by atoms with Gasteiger partial charge >= 0.3 is 5.97 Å². The van der Waals surface area contributed by atoms with E-state index in [1.807, 2.05) is 6.92 Å². The van der Waals surface area contributed by atoms with E-state index in [-0.39, 0.29) is 35.0 Å². The van der Waals surface area contributed by atoms with Gasteiger partial charge in [0.25, 0.3) is 0 Å². The summed E-state index contributed by atoms with van der Waals surface area (Å²) in [5.74, 6) is -0.591. The molecule has 0 aromatic heterocycles. The van der Waals surface area contributed by atoms with E-state index in [1.54, 1.807) is 6.07 Å². The lowest BCUT2D eigenvalue weighted by atomic mass is 9.73. The lowest BCUT2D eigenvalue weighted by molar-refractivity contribution is 0.0206. The summed E-state index contributed by atoms with van der Waals surface area (Å²) < 4.78 is 5.87. The summed E-state index contributed by atoms with van der Waals surface area (Å²) >= 11 is 0. The van der Waals surface area contributed by atoms with Crippen LogP contribution in [0.4, 0.5) is 0 Å². The number of hydrogen-bond acceptors (Lipinski definition) is 4. The van der Waals surface area contributed by atoms with Gasteiger partial charge in [-0.15, -0.1) is 0 Å². The minimum Gasteiger partial charge on any atom is -0.507 e. The molecule has 1 aromatic rings. The first-order valence-electron chi connectivity index (χ1n) is 12.4. The Morgan fingerprint density at radius 2 is 1.88 bits per heavy atom. The van der Waals surface area contributed by atoms with E-state index in [9.17, 15) is 15.0 Å². The second kappa shape index (κ2) is 11.1. The molecule has 0 heterocycles. The van der Waals surface area contributed by atoms with E-state index in [1.165, 1.54) is 12.0 Å². The first-order valence-corrected chi connectivity index (χ1v) is 12.4. The molecular formula is C28H40O4.